The monoisotopic (exact) mass is 159 g/mol. The molecule has 60 valence electrons. The SMILES string of the molecule is CCSCC1(CN)CCC1. The Kier molecular flexibility index (Phi) is 3.05. The van der Waals surface area contributed by atoms with Crippen molar-refractivity contribution in [3.63, 3.8) is 0 Å². The van der Waals surface area contributed by atoms with E-state index in [4.69, 9.17) is 5.73 Å². The molecule has 0 spiro atoms. The first-order chi connectivity index (χ1) is 4.83. The number of thioether (sulfide) groups is 1. The lowest BCUT2D eigenvalue weighted by Gasteiger charge is -2.40. The molecule has 1 nitrogen and oxygen atoms in total. The lowest BCUT2D eigenvalue weighted by molar-refractivity contribution is 0.180. The van der Waals surface area contributed by atoms with Crippen molar-refractivity contribution in [1.82, 2.24) is 0 Å². The first-order valence-corrected chi connectivity index (χ1v) is 5.26. The lowest BCUT2D eigenvalue weighted by Crippen LogP contribution is -2.39. The second kappa shape index (κ2) is 3.63. The molecule has 0 atom stereocenters. The fourth-order valence-electron chi connectivity index (χ4n) is 1.40. The van der Waals surface area contributed by atoms with Crippen molar-refractivity contribution in [3.05, 3.63) is 0 Å². The number of hydrogen-bond donors (Lipinski definition) is 1. The summed E-state index contributed by atoms with van der Waals surface area (Å²) < 4.78 is 0. The Morgan fingerprint density at radius 2 is 2.20 bits per heavy atom. The molecule has 1 aliphatic rings. The summed E-state index contributed by atoms with van der Waals surface area (Å²) in [7, 11) is 0. The molecule has 1 rings (SSSR count). The molecule has 2 N–H and O–H groups in total. The maximum Gasteiger partial charge on any atom is 0.000117 e. The fraction of sp³-hybridized carbons (Fsp3) is 1.00. The van der Waals surface area contributed by atoms with Crippen molar-refractivity contribution < 1.29 is 0 Å². The molecule has 1 saturated carbocycles. The van der Waals surface area contributed by atoms with Crippen molar-refractivity contribution in [3.8, 4) is 0 Å². The third-order valence-electron chi connectivity index (χ3n) is 2.46. The molecule has 0 saturated heterocycles. The molecule has 2 heteroatoms. The third-order valence-corrected chi connectivity index (χ3v) is 3.68. The molecule has 0 bridgehead atoms. The van der Waals surface area contributed by atoms with Gasteiger partial charge >= 0.3 is 0 Å². The largest absolute Gasteiger partial charge is 0.330 e. The summed E-state index contributed by atoms with van der Waals surface area (Å²) in [6.07, 6.45) is 4.15. The van der Waals surface area contributed by atoms with E-state index in [1.807, 2.05) is 11.8 Å². The van der Waals surface area contributed by atoms with Crippen LogP contribution < -0.4 is 5.73 Å². The van der Waals surface area contributed by atoms with Crippen LogP contribution in [-0.2, 0) is 0 Å². The van der Waals surface area contributed by atoms with E-state index in [1.54, 1.807) is 0 Å². The van der Waals surface area contributed by atoms with Gasteiger partial charge in [0.1, 0.15) is 0 Å². The Morgan fingerprint density at radius 1 is 1.50 bits per heavy atom. The first-order valence-electron chi connectivity index (χ1n) is 4.11. The van der Waals surface area contributed by atoms with E-state index >= 15 is 0 Å². The predicted octanol–water partition coefficient (Wildman–Crippen LogP) is 1.87. The van der Waals surface area contributed by atoms with Gasteiger partial charge in [-0.15, -0.1) is 0 Å². The van der Waals surface area contributed by atoms with Crippen molar-refractivity contribution in [1.29, 1.82) is 0 Å². The van der Waals surface area contributed by atoms with Gasteiger partial charge in [0.2, 0.25) is 0 Å². The fourth-order valence-corrected chi connectivity index (χ4v) is 2.45. The average molecular weight is 159 g/mol. The quantitative estimate of drug-likeness (QED) is 0.677. The van der Waals surface area contributed by atoms with Gasteiger partial charge in [-0.25, -0.2) is 0 Å². The highest BCUT2D eigenvalue weighted by atomic mass is 32.2. The molecule has 0 aromatic heterocycles. The number of hydrogen-bond acceptors (Lipinski definition) is 2. The summed E-state index contributed by atoms with van der Waals surface area (Å²) >= 11 is 2.04. The van der Waals surface area contributed by atoms with E-state index in [2.05, 4.69) is 6.92 Å². The van der Waals surface area contributed by atoms with Gasteiger partial charge in [0.15, 0.2) is 0 Å². The van der Waals surface area contributed by atoms with Crippen LogP contribution in [0.3, 0.4) is 0 Å². The summed E-state index contributed by atoms with van der Waals surface area (Å²) in [4.78, 5) is 0. The van der Waals surface area contributed by atoms with Crippen LogP contribution in [0.25, 0.3) is 0 Å². The van der Waals surface area contributed by atoms with Crippen LogP contribution in [-0.4, -0.2) is 18.1 Å². The van der Waals surface area contributed by atoms with Gasteiger partial charge in [-0.2, -0.15) is 11.8 Å². The van der Waals surface area contributed by atoms with Crippen LogP contribution in [0.1, 0.15) is 26.2 Å². The minimum Gasteiger partial charge on any atom is -0.330 e. The Bertz CT molecular complexity index is 93.9. The van der Waals surface area contributed by atoms with E-state index in [-0.39, 0.29) is 0 Å². The van der Waals surface area contributed by atoms with Gasteiger partial charge in [-0.1, -0.05) is 13.3 Å². The van der Waals surface area contributed by atoms with Crippen LogP contribution in [0.4, 0.5) is 0 Å². The van der Waals surface area contributed by atoms with Crippen LogP contribution in [0.2, 0.25) is 0 Å². The zero-order chi connectivity index (χ0) is 7.45. The normalized spacial score (nSPS) is 22.2. The van der Waals surface area contributed by atoms with E-state index in [9.17, 15) is 0 Å². The van der Waals surface area contributed by atoms with Gasteiger partial charge in [0.25, 0.3) is 0 Å². The predicted molar refractivity (Wildman–Crippen MR) is 48.3 cm³/mol. The Hall–Kier alpha value is 0.310. The molecule has 0 unspecified atom stereocenters. The van der Waals surface area contributed by atoms with E-state index < -0.39 is 0 Å². The molecule has 0 aliphatic heterocycles. The second-order valence-electron chi connectivity index (χ2n) is 3.19. The van der Waals surface area contributed by atoms with Gasteiger partial charge < -0.3 is 5.73 Å². The summed E-state index contributed by atoms with van der Waals surface area (Å²) in [6, 6.07) is 0. The summed E-state index contributed by atoms with van der Waals surface area (Å²) in [5, 5.41) is 0. The first kappa shape index (κ1) is 8.41. The molecule has 0 amide bonds. The molecule has 1 fully saturated rings. The van der Waals surface area contributed by atoms with Gasteiger partial charge in [-0.05, 0) is 30.6 Å². The van der Waals surface area contributed by atoms with Crippen LogP contribution >= 0.6 is 11.8 Å². The van der Waals surface area contributed by atoms with E-state index in [0.717, 1.165) is 6.54 Å². The molecular weight excluding hydrogens is 142 g/mol. The molecule has 10 heavy (non-hydrogen) atoms. The number of rotatable bonds is 4. The molecular formula is C8H17NS. The number of nitrogens with two attached hydrogens (primary N) is 1. The lowest BCUT2D eigenvalue weighted by atomic mass is 9.70. The zero-order valence-corrected chi connectivity index (χ0v) is 7.54. The third kappa shape index (κ3) is 1.67. The van der Waals surface area contributed by atoms with Gasteiger partial charge in [-0.3, -0.25) is 0 Å². The van der Waals surface area contributed by atoms with Crippen LogP contribution in [0.5, 0.6) is 0 Å². The minimum atomic E-state index is 0.556. The van der Waals surface area contributed by atoms with Crippen LogP contribution in [0, 0.1) is 5.41 Å². The minimum absolute atomic E-state index is 0.556. The van der Waals surface area contributed by atoms with Crippen molar-refractivity contribution in [2.75, 3.05) is 18.1 Å². The molecule has 0 radical (unpaired) electrons. The standard InChI is InChI=1S/C8H17NS/c1-2-10-7-8(6-9)4-3-5-8/h2-7,9H2,1H3. The van der Waals surface area contributed by atoms with Crippen molar-refractivity contribution in [2.24, 2.45) is 11.1 Å². The molecule has 0 aromatic rings. The summed E-state index contributed by atoms with van der Waals surface area (Å²) in [5.41, 5.74) is 6.25. The Morgan fingerprint density at radius 3 is 2.50 bits per heavy atom. The van der Waals surface area contributed by atoms with Gasteiger partial charge in [0, 0.05) is 5.75 Å². The van der Waals surface area contributed by atoms with Crippen molar-refractivity contribution in [2.45, 2.75) is 26.2 Å². The summed E-state index contributed by atoms with van der Waals surface area (Å²) in [6.45, 7) is 3.12. The molecule has 0 heterocycles. The smallest absolute Gasteiger partial charge is 0.000117 e. The van der Waals surface area contributed by atoms with Crippen molar-refractivity contribution >= 4 is 11.8 Å². The molecule has 1 aliphatic carbocycles. The van der Waals surface area contributed by atoms with Crippen LogP contribution in [0.15, 0.2) is 0 Å². The second-order valence-corrected chi connectivity index (χ2v) is 4.47. The highest BCUT2D eigenvalue weighted by Crippen LogP contribution is 2.42. The molecule has 0 aromatic carbocycles. The Balaban J connectivity index is 2.20. The maximum atomic E-state index is 5.70. The van der Waals surface area contributed by atoms with Gasteiger partial charge in [0.05, 0.1) is 0 Å². The topological polar surface area (TPSA) is 26.0 Å². The maximum absolute atomic E-state index is 5.70. The highest BCUT2D eigenvalue weighted by Gasteiger charge is 2.34. The van der Waals surface area contributed by atoms with E-state index in [0.29, 0.717) is 5.41 Å². The highest BCUT2D eigenvalue weighted by molar-refractivity contribution is 7.99. The summed E-state index contributed by atoms with van der Waals surface area (Å²) in [5.74, 6) is 2.53. The Labute approximate surface area is 67.8 Å². The van der Waals surface area contributed by atoms with E-state index in [1.165, 1.54) is 30.8 Å². The zero-order valence-electron chi connectivity index (χ0n) is 6.73. The average Bonchev–Trinajstić information content (AvgIpc) is 1.87.